The zero-order valence-electron chi connectivity index (χ0n) is 11.1. The number of piperidine rings is 1. The molecular weight excluding hydrogens is 228 g/mol. The highest BCUT2D eigenvalue weighted by atomic mass is 16.1. The summed E-state index contributed by atoms with van der Waals surface area (Å²) >= 11 is 0. The summed E-state index contributed by atoms with van der Waals surface area (Å²) in [5.41, 5.74) is -0.0169. The summed E-state index contributed by atoms with van der Waals surface area (Å²) in [6, 6.07) is 0.314. The normalized spacial score (nSPS) is 20.1. The average Bonchev–Trinajstić information content (AvgIpc) is 2.35. The van der Waals surface area contributed by atoms with Crippen LogP contribution in [0.1, 0.15) is 26.7 Å². The van der Waals surface area contributed by atoms with Crippen LogP contribution in [-0.4, -0.2) is 28.7 Å². The van der Waals surface area contributed by atoms with Gasteiger partial charge >= 0.3 is 0 Å². The number of hydrogen-bond acceptors (Lipinski definition) is 4. The molecule has 0 saturated carbocycles. The molecule has 0 aliphatic carbocycles. The van der Waals surface area contributed by atoms with Gasteiger partial charge in [0.15, 0.2) is 5.82 Å². The first kappa shape index (κ1) is 13.1. The Morgan fingerprint density at radius 1 is 1.61 bits per heavy atom. The Balaban J connectivity index is 2.10. The molecule has 1 saturated heterocycles. The van der Waals surface area contributed by atoms with Gasteiger partial charge in [-0.25, -0.2) is 4.98 Å². The van der Waals surface area contributed by atoms with Gasteiger partial charge in [-0.1, -0.05) is 13.8 Å². The minimum absolute atomic E-state index is 0.0169. The van der Waals surface area contributed by atoms with E-state index in [0.29, 0.717) is 17.8 Å². The third-order valence-electron chi connectivity index (χ3n) is 3.11. The Bertz CT molecular complexity index is 435. The molecule has 18 heavy (non-hydrogen) atoms. The molecule has 0 bridgehead atoms. The van der Waals surface area contributed by atoms with Crippen LogP contribution in [0, 0.1) is 5.92 Å². The molecule has 2 heterocycles. The molecule has 1 aromatic heterocycles. The van der Waals surface area contributed by atoms with E-state index in [1.165, 1.54) is 0 Å². The zero-order chi connectivity index (χ0) is 13.0. The number of nitrogens with one attached hydrogen (secondary N) is 2. The van der Waals surface area contributed by atoms with Gasteiger partial charge in [0, 0.05) is 31.5 Å². The predicted octanol–water partition coefficient (Wildman–Crippen LogP) is 1.06. The van der Waals surface area contributed by atoms with Crippen molar-refractivity contribution in [3.63, 3.8) is 0 Å². The molecule has 2 N–H and O–H groups in total. The van der Waals surface area contributed by atoms with E-state index in [4.69, 9.17) is 0 Å². The van der Waals surface area contributed by atoms with Crippen molar-refractivity contribution in [3.8, 4) is 0 Å². The van der Waals surface area contributed by atoms with E-state index in [-0.39, 0.29) is 5.56 Å². The van der Waals surface area contributed by atoms with Crippen LogP contribution >= 0.6 is 0 Å². The molecule has 1 aliphatic heterocycles. The highest BCUT2D eigenvalue weighted by Crippen LogP contribution is 2.06. The van der Waals surface area contributed by atoms with E-state index in [0.717, 1.165) is 32.5 Å². The molecule has 2 rings (SSSR count). The summed E-state index contributed by atoms with van der Waals surface area (Å²) in [4.78, 5) is 16.4. The minimum Gasteiger partial charge on any atom is -0.361 e. The van der Waals surface area contributed by atoms with Crippen molar-refractivity contribution in [1.29, 1.82) is 0 Å². The first-order chi connectivity index (χ1) is 8.66. The van der Waals surface area contributed by atoms with Crippen LogP contribution in [0.4, 0.5) is 5.82 Å². The third-order valence-corrected chi connectivity index (χ3v) is 3.11. The number of aromatic nitrogens is 2. The lowest BCUT2D eigenvalue weighted by Crippen LogP contribution is -2.40. The summed E-state index contributed by atoms with van der Waals surface area (Å²) in [5, 5.41) is 6.58. The molecule has 0 spiro atoms. The Morgan fingerprint density at radius 2 is 2.44 bits per heavy atom. The molecule has 0 aromatic carbocycles. The van der Waals surface area contributed by atoms with Gasteiger partial charge in [-0.15, -0.1) is 0 Å². The molecule has 100 valence electrons. The lowest BCUT2D eigenvalue weighted by Gasteiger charge is -2.24. The molecule has 1 fully saturated rings. The smallest absolute Gasteiger partial charge is 0.293 e. The van der Waals surface area contributed by atoms with E-state index in [2.05, 4.69) is 29.5 Å². The highest BCUT2D eigenvalue weighted by molar-refractivity contribution is 5.32. The van der Waals surface area contributed by atoms with Crippen LogP contribution in [0.3, 0.4) is 0 Å². The van der Waals surface area contributed by atoms with Gasteiger partial charge < -0.3 is 15.2 Å². The van der Waals surface area contributed by atoms with E-state index < -0.39 is 0 Å². The monoisotopic (exact) mass is 250 g/mol. The van der Waals surface area contributed by atoms with Crippen molar-refractivity contribution in [2.75, 3.05) is 18.4 Å². The largest absolute Gasteiger partial charge is 0.361 e. The van der Waals surface area contributed by atoms with Crippen molar-refractivity contribution < 1.29 is 0 Å². The van der Waals surface area contributed by atoms with Gasteiger partial charge in [0.2, 0.25) is 0 Å². The summed E-state index contributed by atoms with van der Waals surface area (Å²) in [6.45, 7) is 6.91. The zero-order valence-corrected chi connectivity index (χ0v) is 11.1. The van der Waals surface area contributed by atoms with Gasteiger partial charge in [-0.05, 0) is 25.3 Å². The molecule has 5 nitrogen and oxygen atoms in total. The average molecular weight is 250 g/mol. The molecule has 1 atom stereocenters. The Hall–Kier alpha value is -1.36. The molecule has 1 aromatic rings. The lowest BCUT2D eigenvalue weighted by atomic mass is 10.1. The minimum atomic E-state index is -0.0169. The predicted molar refractivity (Wildman–Crippen MR) is 72.8 cm³/mol. The first-order valence-electron chi connectivity index (χ1n) is 6.69. The van der Waals surface area contributed by atoms with Crippen molar-refractivity contribution in [2.24, 2.45) is 5.92 Å². The Morgan fingerprint density at radius 3 is 3.11 bits per heavy atom. The molecular formula is C13H22N4O. The van der Waals surface area contributed by atoms with E-state index in [9.17, 15) is 4.79 Å². The van der Waals surface area contributed by atoms with Crippen LogP contribution in [0.15, 0.2) is 17.2 Å². The molecule has 5 heteroatoms. The first-order valence-corrected chi connectivity index (χ1v) is 6.69. The quantitative estimate of drug-likeness (QED) is 0.839. The maximum atomic E-state index is 12.2. The SMILES string of the molecule is CC(C)Cn1ccnc(NC2CCCNC2)c1=O. The second kappa shape index (κ2) is 6.00. The number of hydrogen-bond donors (Lipinski definition) is 2. The van der Waals surface area contributed by atoms with Gasteiger partial charge in [0.1, 0.15) is 0 Å². The van der Waals surface area contributed by atoms with Gasteiger partial charge in [-0.2, -0.15) is 0 Å². The molecule has 0 radical (unpaired) electrons. The van der Waals surface area contributed by atoms with Crippen molar-refractivity contribution in [1.82, 2.24) is 14.9 Å². The number of nitrogens with zero attached hydrogens (tertiary/aromatic N) is 2. The fourth-order valence-electron chi connectivity index (χ4n) is 2.25. The number of rotatable bonds is 4. The second-order valence-electron chi connectivity index (χ2n) is 5.31. The Kier molecular flexibility index (Phi) is 4.36. The molecule has 1 aliphatic rings. The summed E-state index contributed by atoms with van der Waals surface area (Å²) < 4.78 is 1.73. The number of anilines is 1. The lowest BCUT2D eigenvalue weighted by molar-refractivity contribution is 0.476. The summed E-state index contributed by atoms with van der Waals surface area (Å²) in [5.74, 6) is 0.932. The van der Waals surface area contributed by atoms with Crippen LogP contribution in [0.25, 0.3) is 0 Å². The van der Waals surface area contributed by atoms with Crippen LogP contribution < -0.4 is 16.2 Å². The Labute approximate surface area is 108 Å². The van der Waals surface area contributed by atoms with E-state index >= 15 is 0 Å². The van der Waals surface area contributed by atoms with Crippen LogP contribution in [0.2, 0.25) is 0 Å². The molecule has 1 unspecified atom stereocenters. The fraction of sp³-hybridized carbons (Fsp3) is 0.692. The van der Waals surface area contributed by atoms with Crippen LogP contribution in [0.5, 0.6) is 0 Å². The van der Waals surface area contributed by atoms with Gasteiger partial charge in [0.25, 0.3) is 5.56 Å². The maximum absolute atomic E-state index is 12.2. The standard InChI is InChI=1S/C13H22N4O/c1-10(2)9-17-7-6-15-12(13(17)18)16-11-4-3-5-14-8-11/h6-7,10-11,14H,3-5,8-9H2,1-2H3,(H,15,16). The topological polar surface area (TPSA) is 59.0 Å². The maximum Gasteiger partial charge on any atom is 0.293 e. The van der Waals surface area contributed by atoms with Gasteiger partial charge in [-0.3, -0.25) is 4.79 Å². The van der Waals surface area contributed by atoms with E-state index in [1.54, 1.807) is 17.0 Å². The van der Waals surface area contributed by atoms with Crippen molar-refractivity contribution >= 4 is 5.82 Å². The fourth-order valence-corrected chi connectivity index (χ4v) is 2.25. The van der Waals surface area contributed by atoms with Crippen LogP contribution in [-0.2, 0) is 6.54 Å². The van der Waals surface area contributed by atoms with Crippen molar-refractivity contribution in [2.45, 2.75) is 39.3 Å². The second-order valence-corrected chi connectivity index (χ2v) is 5.31. The van der Waals surface area contributed by atoms with Gasteiger partial charge in [0.05, 0.1) is 0 Å². The molecule has 0 amide bonds. The summed E-state index contributed by atoms with van der Waals surface area (Å²) in [6.07, 6.45) is 5.69. The van der Waals surface area contributed by atoms with Crippen molar-refractivity contribution in [3.05, 3.63) is 22.7 Å². The van der Waals surface area contributed by atoms with E-state index in [1.807, 2.05) is 0 Å². The highest BCUT2D eigenvalue weighted by Gasteiger charge is 2.15. The third kappa shape index (κ3) is 3.32. The summed E-state index contributed by atoms with van der Waals surface area (Å²) in [7, 11) is 0.